The highest BCUT2D eigenvalue weighted by atomic mass is 79.9. The summed E-state index contributed by atoms with van der Waals surface area (Å²) < 4.78 is 19.3. The molecule has 0 aliphatic heterocycles. The van der Waals surface area contributed by atoms with Gasteiger partial charge in [-0.05, 0) is 50.6 Å². The molecule has 3 aromatic rings. The molecule has 35 heavy (non-hydrogen) atoms. The molecule has 0 saturated heterocycles. The molecule has 0 N–H and O–H groups in total. The second-order valence-electron chi connectivity index (χ2n) is 7.84. The molecule has 2 atom stereocenters. The summed E-state index contributed by atoms with van der Waals surface area (Å²) in [7, 11) is 1.50. The van der Waals surface area contributed by atoms with Crippen LogP contribution in [0, 0.1) is 0 Å². The van der Waals surface area contributed by atoms with Crippen LogP contribution in [0.1, 0.15) is 51.4 Å². The molecule has 8 nitrogen and oxygen atoms in total. The van der Waals surface area contributed by atoms with Crippen molar-refractivity contribution in [1.29, 1.82) is 0 Å². The van der Waals surface area contributed by atoms with Crippen molar-refractivity contribution in [1.82, 2.24) is 9.66 Å². The second-order valence-corrected chi connectivity index (χ2v) is 9.67. The zero-order valence-electron chi connectivity index (χ0n) is 20.2. The van der Waals surface area contributed by atoms with Crippen molar-refractivity contribution in [3.8, 4) is 11.5 Å². The van der Waals surface area contributed by atoms with Crippen LogP contribution in [0.5, 0.6) is 11.5 Å². The minimum absolute atomic E-state index is 0.00972. The van der Waals surface area contributed by atoms with E-state index < -0.39 is 12.1 Å². The Bertz CT molecular complexity index is 1320. The normalized spacial score (nSPS) is 13.1. The molecule has 0 radical (unpaired) electrons. The number of esters is 1. The fourth-order valence-electron chi connectivity index (χ4n) is 3.35. The average Bonchev–Trinajstić information content (AvgIpc) is 2.84. The van der Waals surface area contributed by atoms with Gasteiger partial charge in [0, 0.05) is 20.4 Å². The molecule has 3 rings (SSSR count). The van der Waals surface area contributed by atoms with Crippen molar-refractivity contribution >= 4 is 54.9 Å². The molecular weight excluding hydrogens is 582 g/mol. The van der Waals surface area contributed by atoms with Gasteiger partial charge in [-0.2, -0.15) is 9.78 Å². The fourth-order valence-corrected chi connectivity index (χ4v) is 4.16. The van der Waals surface area contributed by atoms with Crippen molar-refractivity contribution in [3.05, 3.63) is 61.0 Å². The van der Waals surface area contributed by atoms with Crippen LogP contribution in [-0.4, -0.2) is 41.7 Å². The van der Waals surface area contributed by atoms with Crippen molar-refractivity contribution in [3.63, 3.8) is 0 Å². The summed E-state index contributed by atoms with van der Waals surface area (Å²) in [6.45, 7) is 7.59. The van der Waals surface area contributed by atoms with Gasteiger partial charge in [-0.3, -0.25) is 4.79 Å². The molecule has 0 unspecified atom stereocenters. The molecule has 1 heterocycles. The summed E-state index contributed by atoms with van der Waals surface area (Å²) in [6, 6.07) is 8.87. The molecule has 0 aliphatic rings. The number of hydrogen-bond donors (Lipinski definition) is 0. The third-order valence-corrected chi connectivity index (χ3v) is 6.33. The lowest BCUT2D eigenvalue weighted by atomic mass is 10.1. The number of rotatable bonds is 9. The number of ether oxygens (including phenoxy) is 3. The van der Waals surface area contributed by atoms with Gasteiger partial charge in [0.2, 0.25) is 0 Å². The van der Waals surface area contributed by atoms with E-state index in [9.17, 15) is 9.59 Å². The van der Waals surface area contributed by atoms with Gasteiger partial charge in [0.15, 0.2) is 17.6 Å². The molecule has 0 aliphatic carbocycles. The maximum absolute atomic E-state index is 13.4. The van der Waals surface area contributed by atoms with Crippen LogP contribution in [0.2, 0.25) is 0 Å². The lowest BCUT2D eigenvalue weighted by molar-refractivity contribution is -0.150. The number of hydrogen-bond acceptors (Lipinski definition) is 7. The number of nitrogens with zero attached hydrogens (tertiary/aromatic N) is 3. The largest absolute Gasteiger partial charge is 0.493 e. The quantitative estimate of drug-likeness (QED) is 0.230. The molecule has 1 aromatic heterocycles. The summed E-state index contributed by atoms with van der Waals surface area (Å²) >= 11 is 6.88. The van der Waals surface area contributed by atoms with Gasteiger partial charge in [-0.25, -0.2) is 9.78 Å². The molecule has 0 saturated carbocycles. The number of fused-ring (bicyclic) bond motifs is 1. The summed E-state index contributed by atoms with van der Waals surface area (Å²) in [5, 5.41) is 4.97. The molecule has 186 valence electrons. The highest BCUT2D eigenvalue weighted by molar-refractivity contribution is 9.10. The van der Waals surface area contributed by atoms with E-state index in [1.54, 1.807) is 32.0 Å². The maximum Gasteiger partial charge on any atom is 0.347 e. The number of carbonyl (C=O) groups excluding carboxylic acids is 1. The van der Waals surface area contributed by atoms with Crippen LogP contribution in [0.15, 0.2) is 49.2 Å². The fraction of sp³-hybridized carbons (Fsp3) is 0.360. The smallest absolute Gasteiger partial charge is 0.347 e. The van der Waals surface area contributed by atoms with Crippen molar-refractivity contribution in [2.75, 3.05) is 13.7 Å². The molecule has 0 fully saturated rings. The van der Waals surface area contributed by atoms with E-state index in [0.717, 1.165) is 10.9 Å². The SMILES string of the molecule is CCOC(=O)[C@@H](C)Oc1c(C=Nn2c([C@@H](C)CC)nc3ccc(Br)cc3c2=O)cc(Br)cc1OC. The number of carbonyl (C=O) groups is 1. The first-order valence-electron chi connectivity index (χ1n) is 11.2. The zero-order chi connectivity index (χ0) is 25.7. The predicted molar refractivity (Wildman–Crippen MR) is 143 cm³/mol. The topological polar surface area (TPSA) is 92.0 Å². The molecule has 0 amide bonds. The van der Waals surface area contributed by atoms with Gasteiger partial charge in [0.1, 0.15) is 5.82 Å². The Balaban J connectivity index is 2.16. The molecule has 10 heteroatoms. The molecule has 2 aromatic carbocycles. The Hall–Kier alpha value is -2.72. The summed E-state index contributed by atoms with van der Waals surface area (Å²) in [5.74, 6) is 0.735. The van der Waals surface area contributed by atoms with E-state index >= 15 is 0 Å². The van der Waals surface area contributed by atoms with E-state index in [1.807, 2.05) is 26.0 Å². The highest BCUT2D eigenvalue weighted by Crippen LogP contribution is 2.35. The predicted octanol–water partition coefficient (Wildman–Crippen LogP) is 5.66. The molecular formula is C25H27Br2N3O5. The van der Waals surface area contributed by atoms with E-state index in [4.69, 9.17) is 19.2 Å². The summed E-state index contributed by atoms with van der Waals surface area (Å²) in [6.07, 6.45) is 1.40. The first kappa shape index (κ1) is 26.9. The first-order valence-corrected chi connectivity index (χ1v) is 12.8. The number of aromatic nitrogens is 2. The van der Waals surface area contributed by atoms with Crippen molar-refractivity contribution in [2.45, 2.75) is 46.1 Å². The maximum atomic E-state index is 13.4. The monoisotopic (exact) mass is 607 g/mol. The van der Waals surface area contributed by atoms with Crippen LogP contribution in [0.4, 0.5) is 0 Å². The minimum Gasteiger partial charge on any atom is -0.493 e. The number of methoxy groups -OCH3 is 1. The highest BCUT2D eigenvalue weighted by Gasteiger charge is 2.21. The van der Waals surface area contributed by atoms with Gasteiger partial charge < -0.3 is 14.2 Å². The lowest BCUT2D eigenvalue weighted by Gasteiger charge is -2.18. The third kappa shape index (κ3) is 6.10. The first-order chi connectivity index (χ1) is 16.7. The molecule has 0 bridgehead atoms. The van der Waals surface area contributed by atoms with Gasteiger partial charge in [0.05, 0.1) is 30.8 Å². The van der Waals surface area contributed by atoms with Crippen LogP contribution in [0.25, 0.3) is 10.9 Å². The standard InChI is InChI=1S/C25H27Br2N3O5/c1-6-14(3)23-29-20-9-8-17(26)11-19(20)24(31)30(23)28-13-16-10-18(27)12-21(33-5)22(16)35-15(4)25(32)34-7-2/h8-15H,6-7H2,1-5H3/t14-,15+/m0/s1. The summed E-state index contributed by atoms with van der Waals surface area (Å²) in [4.78, 5) is 30.3. The van der Waals surface area contributed by atoms with Gasteiger partial charge in [-0.15, -0.1) is 0 Å². The Morgan fingerprint density at radius 3 is 2.57 bits per heavy atom. The summed E-state index contributed by atoms with van der Waals surface area (Å²) in [5.41, 5.74) is 0.826. The van der Waals surface area contributed by atoms with Gasteiger partial charge in [-0.1, -0.05) is 45.7 Å². The third-order valence-electron chi connectivity index (χ3n) is 5.38. The second kappa shape index (κ2) is 11.8. The van der Waals surface area contributed by atoms with E-state index in [2.05, 4.69) is 37.0 Å². The van der Waals surface area contributed by atoms with Gasteiger partial charge in [0.25, 0.3) is 5.56 Å². The Labute approximate surface area is 220 Å². The number of benzene rings is 2. The Morgan fingerprint density at radius 2 is 1.91 bits per heavy atom. The van der Waals surface area contributed by atoms with Gasteiger partial charge >= 0.3 is 5.97 Å². The van der Waals surface area contributed by atoms with Crippen LogP contribution in [0.3, 0.4) is 0 Å². The van der Waals surface area contributed by atoms with Crippen molar-refractivity contribution < 1.29 is 19.0 Å². The Morgan fingerprint density at radius 1 is 1.17 bits per heavy atom. The van der Waals surface area contributed by atoms with Crippen LogP contribution >= 0.6 is 31.9 Å². The van der Waals surface area contributed by atoms with Crippen LogP contribution < -0.4 is 15.0 Å². The van der Waals surface area contributed by atoms with E-state index in [0.29, 0.717) is 38.3 Å². The molecule has 0 spiro atoms. The average molecular weight is 609 g/mol. The Kier molecular flexibility index (Phi) is 9.07. The lowest BCUT2D eigenvalue weighted by Crippen LogP contribution is -2.27. The van der Waals surface area contributed by atoms with Crippen molar-refractivity contribution in [2.24, 2.45) is 5.10 Å². The van der Waals surface area contributed by atoms with E-state index in [1.165, 1.54) is 18.0 Å². The zero-order valence-corrected chi connectivity index (χ0v) is 23.3. The minimum atomic E-state index is -0.879. The van der Waals surface area contributed by atoms with Crippen LogP contribution in [-0.2, 0) is 9.53 Å². The number of halogens is 2. The van der Waals surface area contributed by atoms with E-state index in [-0.39, 0.29) is 18.1 Å².